The second kappa shape index (κ2) is 6.98. The number of ether oxygens (including phenoxy) is 2. The number of anilines is 1. The molecule has 0 atom stereocenters. The molecule has 0 aliphatic heterocycles. The highest BCUT2D eigenvalue weighted by molar-refractivity contribution is 9.10. The van der Waals surface area contributed by atoms with Gasteiger partial charge in [0.15, 0.2) is 11.5 Å². The monoisotopic (exact) mass is 419 g/mol. The molecule has 0 aromatic heterocycles. The van der Waals surface area contributed by atoms with Crippen LogP contribution in [0.5, 0.6) is 11.5 Å². The molecule has 0 heterocycles. The molecule has 1 N–H and O–H groups in total. The van der Waals surface area contributed by atoms with E-state index in [1.807, 2.05) is 0 Å². The predicted molar refractivity (Wildman–Crippen MR) is 94.2 cm³/mol. The first-order valence-corrected chi connectivity index (χ1v) is 9.14. The molecule has 0 fully saturated rings. The van der Waals surface area contributed by atoms with Gasteiger partial charge in [-0.05, 0) is 46.6 Å². The summed E-state index contributed by atoms with van der Waals surface area (Å²) in [5.41, 5.74) is 1.17. The maximum Gasteiger partial charge on any atom is 0.263 e. The van der Waals surface area contributed by atoms with Crippen molar-refractivity contribution in [3.63, 3.8) is 0 Å². The van der Waals surface area contributed by atoms with Gasteiger partial charge in [-0.2, -0.15) is 0 Å². The normalized spacial score (nSPS) is 11.2. The van der Waals surface area contributed by atoms with E-state index in [4.69, 9.17) is 21.1 Å². The largest absolute Gasteiger partial charge is 0.493 e. The van der Waals surface area contributed by atoms with Crippen molar-refractivity contribution >= 4 is 43.2 Å². The second-order valence-electron chi connectivity index (χ2n) is 4.70. The van der Waals surface area contributed by atoms with Gasteiger partial charge in [0.25, 0.3) is 10.0 Å². The van der Waals surface area contributed by atoms with E-state index >= 15 is 0 Å². The fraction of sp³-hybridized carbons (Fsp3) is 0.200. The summed E-state index contributed by atoms with van der Waals surface area (Å²) in [5, 5.41) is 0.444. The number of aryl methyl sites for hydroxylation is 1. The summed E-state index contributed by atoms with van der Waals surface area (Å²) >= 11 is 9.18. The standard InChI is InChI=1S/C15H15BrClNO4S/c1-9-4-5-10(17)6-12(9)18-23(19,20)15-8-14(22-3)13(21-2)7-11(15)16/h4-8,18H,1-3H3. The number of halogens is 2. The summed E-state index contributed by atoms with van der Waals surface area (Å²) in [6.07, 6.45) is 0. The van der Waals surface area contributed by atoms with E-state index in [9.17, 15) is 8.42 Å². The fourth-order valence-electron chi connectivity index (χ4n) is 1.95. The number of nitrogens with one attached hydrogen (secondary N) is 1. The lowest BCUT2D eigenvalue weighted by Gasteiger charge is -2.14. The lowest BCUT2D eigenvalue weighted by Crippen LogP contribution is -2.14. The van der Waals surface area contributed by atoms with Gasteiger partial charge in [0.1, 0.15) is 4.90 Å². The third-order valence-electron chi connectivity index (χ3n) is 3.17. The van der Waals surface area contributed by atoms with Crippen LogP contribution in [0.25, 0.3) is 0 Å². The molecule has 23 heavy (non-hydrogen) atoms. The lowest BCUT2D eigenvalue weighted by atomic mass is 10.2. The van der Waals surface area contributed by atoms with Crippen LogP contribution in [0.1, 0.15) is 5.56 Å². The molecule has 2 rings (SSSR count). The highest BCUT2D eigenvalue weighted by atomic mass is 79.9. The van der Waals surface area contributed by atoms with E-state index < -0.39 is 10.0 Å². The van der Waals surface area contributed by atoms with E-state index in [-0.39, 0.29) is 4.90 Å². The minimum atomic E-state index is -3.83. The molecule has 0 radical (unpaired) electrons. The van der Waals surface area contributed by atoms with Crippen molar-refractivity contribution in [2.24, 2.45) is 0 Å². The first-order chi connectivity index (χ1) is 10.8. The van der Waals surface area contributed by atoms with Crippen molar-refractivity contribution in [3.8, 4) is 11.5 Å². The Morgan fingerprint density at radius 3 is 2.30 bits per heavy atom. The maximum absolute atomic E-state index is 12.7. The number of sulfonamides is 1. The maximum atomic E-state index is 12.7. The summed E-state index contributed by atoms with van der Waals surface area (Å²) in [7, 11) is -0.913. The average molecular weight is 421 g/mol. The van der Waals surface area contributed by atoms with E-state index in [0.717, 1.165) is 5.56 Å². The number of hydrogen-bond acceptors (Lipinski definition) is 4. The molecule has 0 bridgehead atoms. The molecule has 0 amide bonds. The predicted octanol–water partition coefficient (Wildman–Crippen LogP) is 4.23. The van der Waals surface area contributed by atoms with Crippen LogP contribution in [-0.4, -0.2) is 22.6 Å². The van der Waals surface area contributed by atoms with Crippen molar-refractivity contribution in [1.82, 2.24) is 0 Å². The number of benzene rings is 2. The molecule has 124 valence electrons. The van der Waals surface area contributed by atoms with E-state index in [0.29, 0.717) is 26.7 Å². The first-order valence-electron chi connectivity index (χ1n) is 6.49. The Morgan fingerprint density at radius 2 is 1.70 bits per heavy atom. The van der Waals surface area contributed by atoms with Gasteiger partial charge in [0.2, 0.25) is 0 Å². The molecule has 2 aromatic rings. The van der Waals surface area contributed by atoms with Crippen LogP contribution in [0.3, 0.4) is 0 Å². The molecular weight excluding hydrogens is 406 g/mol. The summed E-state index contributed by atoms with van der Waals surface area (Å²) in [4.78, 5) is 0.0366. The first kappa shape index (κ1) is 17.9. The molecule has 5 nitrogen and oxygen atoms in total. The van der Waals surface area contributed by atoms with Gasteiger partial charge >= 0.3 is 0 Å². The zero-order chi connectivity index (χ0) is 17.2. The number of rotatable bonds is 5. The molecule has 0 saturated carbocycles. The Labute approximate surface area is 148 Å². The molecule has 0 aliphatic carbocycles. The van der Waals surface area contributed by atoms with Crippen molar-refractivity contribution in [3.05, 3.63) is 45.4 Å². The molecular formula is C15H15BrClNO4S. The van der Waals surface area contributed by atoms with Crippen LogP contribution in [0.4, 0.5) is 5.69 Å². The third-order valence-corrected chi connectivity index (χ3v) is 5.73. The minimum Gasteiger partial charge on any atom is -0.493 e. The summed E-state index contributed by atoms with van der Waals surface area (Å²) in [6.45, 7) is 1.79. The minimum absolute atomic E-state index is 0.0366. The van der Waals surface area contributed by atoms with Gasteiger partial charge in [-0.1, -0.05) is 17.7 Å². The smallest absolute Gasteiger partial charge is 0.263 e. The van der Waals surface area contributed by atoms with Crippen LogP contribution in [0.15, 0.2) is 39.7 Å². The second-order valence-corrected chi connectivity index (χ2v) is 7.64. The fourth-order valence-corrected chi connectivity index (χ4v) is 4.28. The molecule has 0 unspecified atom stereocenters. The van der Waals surface area contributed by atoms with Gasteiger partial charge in [-0.25, -0.2) is 8.42 Å². The zero-order valence-corrected chi connectivity index (χ0v) is 15.8. The van der Waals surface area contributed by atoms with Crippen molar-refractivity contribution in [1.29, 1.82) is 0 Å². The molecule has 0 saturated heterocycles. The average Bonchev–Trinajstić information content (AvgIpc) is 2.50. The van der Waals surface area contributed by atoms with Gasteiger partial charge in [0, 0.05) is 15.6 Å². The molecule has 8 heteroatoms. The van der Waals surface area contributed by atoms with Gasteiger partial charge in [-0.15, -0.1) is 0 Å². The number of methoxy groups -OCH3 is 2. The van der Waals surface area contributed by atoms with Crippen LogP contribution < -0.4 is 14.2 Å². The Kier molecular flexibility index (Phi) is 5.44. The van der Waals surface area contributed by atoms with Crippen molar-refractivity contribution < 1.29 is 17.9 Å². The van der Waals surface area contributed by atoms with Crippen LogP contribution in [0, 0.1) is 6.92 Å². The van der Waals surface area contributed by atoms with Crippen LogP contribution in [0.2, 0.25) is 5.02 Å². The quantitative estimate of drug-likeness (QED) is 0.786. The molecule has 2 aromatic carbocycles. The summed E-state index contributed by atoms with van der Waals surface area (Å²) in [5.74, 6) is 0.746. The summed E-state index contributed by atoms with van der Waals surface area (Å²) in [6, 6.07) is 7.93. The van der Waals surface area contributed by atoms with E-state index in [1.165, 1.54) is 26.4 Å². The Balaban J connectivity index is 2.49. The summed E-state index contributed by atoms with van der Waals surface area (Å²) < 4.78 is 38.6. The third kappa shape index (κ3) is 3.91. The highest BCUT2D eigenvalue weighted by Gasteiger charge is 2.22. The lowest BCUT2D eigenvalue weighted by molar-refractivity contribution is 0.353. The Morgan fingerprint density at radius 1 is 1.09 bits per heavy atom. The zero-order valence-electron chi connectivity index (χ0n) is 12.7. The van der Waals surface area contributed by atoms with Crippen LogP contribution >= 0.6 is 27.5 Å². The van der Waals surface area contributed by atoms with Gasteiger partial charge in [-0.3, -0.25) is 4.72 Å². The highest BCUT2D eigenvalue weighted by Crippen LogP contribution is 2.36. The van der Waals surface area contributed by atoms with Gasteiger partial charge < -0.3 is 9.47 Å². The SMILES string of the molecule is COc1cc(Br)c(S(=O)(=O)Nc2cc(Cl)ccc2C)cc1OC. The Bertz CT molecular complexity index is 840. The van der Waals surface area contributed by atoms with Crippen LogP contribution in [-0.2, 0) is 10.0 Å². The Hall–Kier alpha value is -1.44. The van der Waals surface area contributed by atoms with E-state index in [1.54, 1.807) is 25.1 Å². The topological polar surface area (TPSA) is 64.6 Å². The van der Waals surface area contributed by atoms with E-state index in [2.05, 4.69) is 20.7 Å². The van der Waals surface area contributed by atoms with Crippen molar-refractivity contribution in [2.75, 3.05) is 18.9 Å². The molecule has 0 spiro atoms. The van der Waals surface area contributed by atoms with Gasteiger partial charge in [0.05, 0.1) is 19.9 Å². The molecule has 0 aliphatic rings. The number of hydrogen-bond donors (Lipinski definition) is 1. The van der Waals surface area contributed by atoms with Crippen molar-refractivity contribution in [2.45, 2.75) is 11.8 Å².